The van der Waals surface area contributed by atoms with Crippen LogP contribution in [0.25, 0.3) is 0 Å². The Kier molecular flexibility index (Phi) is 22.0. The lowest BCUT2D eigenvalue weighted by Gasteiger charge is -2.19. The smallest absolute Gasteiger partial charge is 0.405 e. The third kappa shape index (κ3) is 20.9. The average molecular weight is 581 g/mol. The van der Waals surface area contributed by atoms with Crippen molar-refractivity contribution >= 4 is 29.8 Å². The van der Waals surface area contributed by atoms with Gasteiger partial charge in [-0.15, -0.1) is 0 Å². The summed E-state index contributed by atoms with van der Waals surface area (Å²) in [4.78, 5) is 57.5. The molecule has 0 aliphatic heterocycles. The zero-order chi connectivity index (χ0) is 30.2. The van der Waals surface area contributed by atoms with Crippen molar-refractivity contribution in [2.24, 2.45) is 5.92 Å². The molecule has 16 heteroatoms. The predicted molar refractivity (Wildman–Crippen MR) is 140 cm³/mol. The summed E-state index contributed by atoms with van der Waals surface area (Å²) in [7, 11) is 0. The number of unbranched alkanes of at least 4 members (excludes halogenated alkanes) is 1. The molecule has 0 saturated carbocycles. The van der Waals surface area contributed by atoms with E-state index in [-0.39, 0.29) is 77.8 Å². The molecule has 9 N–H and O–H groups in total. The average Bonchev–Trinajstić information content (AvgIpc) is 2.89. The van der Waals surface area contributed by atoms with Crippen molar-refractivity contribution in [3.05, 3.63) is 0 Å². The van der Waals surface area contributed by atoms with Gasteiger partial charge >= 0.3 is 12.1 Å². The highest BCUT2D eigenvalue weighted by Gasteiger charge is 2.23. The number of amides is 4. The second-order valence-corrected chi connectivity index (χ2v) is 8.95. The van der Waals surface area contributed by atoms with Crippen molar-refractivity contribution < 1.29 is 58.9 Å². The molecule has 0 aromatic carbocycles. The molecule has 0 fully saturated rings. The zero-order valence-corrected chi connectivity index (χ0v) is 23.4. The van der Waals surface area contributed by atoms with E-state index in [2.05, 4.69) is 27.0 Å². The van der Waals surface area contributed by atoms with E-state index in [1.54, 1.807) is 13.8 Å². The van der Waals surface area contributed by atoms with Gasteiger partial charge in [0, 0.05) is 13.1 Å². The van der Waals surface area contributed by atoms with Gasteiger partial charge in [0.05, 0.1) is 46.2 Å². The summed E-state index contributed by atoms with van der Waals surface area (Å²) in [5.41, 5.74) is 3.70. The molecule has 0 aliphatic rings. The number of hydrogen-bond acceptors (Lipinski definition) is 9. The highest BCUT2D eigenvalue weighted by molar-refractivity contribution is 5.85. The van der Waals surface area contributed by atoms with Crippen LogP contribution in [-0.4, -0.2) is 125 Å². The van der Waals surface area contributed by atoms with Gasteiger partial charge in [0.1, 0.15) is 25.3 Å². The maximum Gasteiger partial charge on any atom is 0.405 e. The van der Waals surface area contributed by atoms with Crippen LogP contribution in [0.4, 0.5) is 4.79 Å². The Morgan fingerprint density at radius 2 is 1.27 bits per heavy atom. The van der Waals surface area contributed by atoms with Crippen LogP contribution in [0.3, 0.4) is 0 Å². The number of ether oxygens (including phenoxy) is 4. The number of carboxylic acids is 1. The van der Waals surface area contributed by atoms with Gasteiger partial charge in [0.2, 0.25) is 17.7 Å². The summed E-state index contributed by atoms with van der Waals surface area (Å²) >= 11 is 0. The number of rotatable bonds is 25. The van der Waals surface area contributed by atoms with Crippen molar-refractivity contribution in [2.75, 3.05) is 72.5 Å². The molecule has 4 amide bonds. The SMILES string of the molecule is CC(C)C(NC(=O)O)C(=O)NCCOCCOCC(=O)NCCOCCOCC(=O)NC(CCCC[NH3+])C(=O)O. The number of carbonyl (C=O) groups excluding carboxylic acids is 3. The van der Waals surface area contributed by atoms with E-state index < -0.39 is 36.0 Å². The first-order valence-electron chi connectivity index (χ1n) is 13.2. The first-order chi connectivity index (χ1) is 19.1. The summed E-state index contributed by atoms with van der Waals surface area (Å²) in [6.07, 6.45) is 0.512. The van der Waals surface area contributed by atoms with E-state index in [4.69, 9.17) is 29.2 Å². The molecule has 16 nitrogen and oxygen atoms in total. The van der Waals surface area contributed by atoms with Crippen LogP contribution in [0.1, 0.15) is 33.1 Å². The van der Waals surface area contributed by atoms with Crippen molar-refractivity contribution in [3.8, 4) is 0 Å². The molecule has 0 spiro atoms. The summed E-state index contributed by atoms with van der Waals surface area (Å²) in [5, 5.41) is 27.7. The Bertz CT molecular complexity index is 755. The first kappa shape index (κ1) is 37.0. The predicted octanol–water partition coefficient (Wildman–Crippen LogP) is -2.44. The molecule has 0 bridgehead atoms. The Morgan fingerprint density at radius 1 is 0.725 bits per heavy atom. The van der Waals surface area contributed by atoms with Crippen LogP contribution in [0.5, 0.6) is 0 Å². The number of aliphatic carboxylic acids is 1. The zero-order valence-electron chi connectivity index (χ0n) is 23.4. The van der Waals surface area contributed by atoms with E-state index in [1.165, 1.54) is 0 Å². The van der Waals surface area contributed by atoms with Crippen molar-refractivity contribution in [3.63, 3.8) is 0 Å². The lowest BCUT2D eigenvalue weighted by atomic mass is 10.0. The Hall–Kier alpha value is -3.05. The minimum absolute atomic E-state index is 0.130. The molecule has 40 heavy (non-hydrogen) atoms. The second kappa shape index (κ2) is 23.8. The van der Waals surface area contributed by atoms with Gasteiger partial charge in [-0.05, 0) is 25.2 Å². The highest BCUT2D eigenvalue weighted by Crippen LogP contribution is 2.02. The number of hydrogen-bond donors (Lipinski definition) is 7. The van der Waals surface area contributed by atoms with E-state index in [1.807, 2.05) is 0 Å². The van der Waals surface area contributed by atoms with Gasteiger partial charge in [0.15, 0.2) is 0 Å². The lowest BCUT2D eigenvalue weighted by molar-refractivity contribution is -0.368. The fourth-order valence-corrected chi connectivity index (χ4v) is 3.13. The van der Waals surface area contributed by atoms with E-state index in [9.17, 15) is 24.0 Å². The fourth-order valence-electron chi connectivity index (χ4n) is 3.13. The minimum Gasteiger partial charge on any atom is -0.480 e. The molecule has 0 aromatic rings. The van der Waals surface area contributed by atoms with Gasteiger partial charge in [-0.25, -0.2) is 9.59 Å². The summed E-state index contributed by atoms with van der Waals surface area (Å²) < 4.78 is 21.0. The fraction of sp³-hybridized carbons (Fsp3) is 0.792. The molecule has 0 heterocycles. The molecule has 2 unspecified atom stereocenters. The van der Waals surface area contributed by atoms with Gasteiger partial charge < -0.3 is 56.2 Å². The molecule has 232 valence electrons. The second-order valence-electron chi connectivity index (χ2n) is 8.95. The largest absolute Gasteiger partial charge is 0.480 e. The molecule has 0 rings (SSSR count). The number of carbonyl (C=O) groups is 5. The van der Waals surface area contributed by atoms with Crippen LogP contribution in [0.15, 0.2) is 0 Å². The number of nitrogens with one attached hydrogen (secondary N) is 4. The minimum atomic E-state index is -1.27. The Balaban J connectivity index is 3.66. The Morgan fingerprint density at radius 3 is 1.80 bits per heavy atom. The van der Waals surface area contributed by atoms with Crippen LogP contribution < -0.4 is 27.0 Å². The third-order valence-corrected chi connectivity index (χ3v) is 5.18. The Labute approximate surface area is 234 Å². The normalized spacial score (nSPS) is 12.4. The van der Waals surface area contributed by atoms with Crippen molar-refractivity contribution in [1.29, 1.82) is 0 Å². The van der Waals surface area contributed by atoms with Crippen molar-refractivity contribution in [2.45, 2.75) is 45.2 Å². The maximum absolute atomic E-state index is 12.0. The summed E-state index contributed by atoms with van der Waals surface area (Å²) in [6.45, 7) is 5.29. The van der Waals surface area contributed by atoms with Gasteiger partial charge in [-0.2, -0.15) is 0 Å². The quantitative estimate of drug-likeness (QED) is 0.0560. The summed E-state index contributed by atoms with van der Waals surface area (Å²) in [6, 6.07) is -1.80. The van der Waals surface area contributed by atoms with Crippen LogP contribution in [-0.2, 0) is 38.1 Å². The third-order valence-electron chi connectivity index (χ3n) is 5.18. The molecule has 0 aromatic heterocycles. The van der Waals surface area contributed by atoms with Crippen LogP contribution >= 0.6 is 0 Å². The van der Waals surface area contributed by atoms with Gasteiger partial charge in [-0.3, -0.25) is 14.4 Å². The van der Waals surface area contributed by atoms with E-state index in [0.29, 0.717) is 19.4 Å². The first-order valence-corrected chi connectivity index (χ1v) is 13.2. The standard InChI is InChI=1S/C24H45N5O11/c1-17(2)21(29-24(35)36)22(32)27-8-10-38-11-13-39-15-19(30)26-7-9-37-12-14-40-16-20(31)28-18(23(33)34)5-3-4-6-25/h17-18,21,29H,3-16,25H2,1-2H3,(H,26,30)(H,27,32)(H,28,31)(H,33,34)(H,35,36)/p+1. The molecule has 0 radical (unpaired) electrons. The van der Waals surface area contributed by atoms with Crippen LogP contribution in [0.2, 0.25) is 0 Å². The molecule has 2 atom stereocenters. The maximum atomic E-state index is 12.0. The van der Waals surface area contributed by atoms with Crippen LogP contribution in [0, 0.1) is 5.92 Å². The molecule has 0 aliphatic carbocycles. The monoisotopic (exact) mass is 580 g/mol. The number of quaternary nitrogens is 1. The molecular weight excluding hydrogens is 534 g/mol. The summed E-state index contributed by atoms with van der Waals surface area (Å²) in [5.74, 6) is -2.58. The lowest BCUT2D eigenvalue weighted by Crippen LogP contribution is -2.50. The van der Waals surface area contributed by atoms with Gasteiger partial charge in [0.25, 0.3) is 0 Å². The van der Waals surface area contributed by atoms with Crippen molar-refractivity contribution in [1.82, 2.24) is 21.3 Å². The van der Waals surface area contributed by atoms with E-state index in [0.717, 1.165) is 6.42 Å². The molecule has 0 saturated heterocycles. The van der Waals surface area contributed by atoms with Gasteiger partial charge in [-0.1, -0.05) is 13.8 Å². The number of carboxylic acid groups (broad SMARTS) is 2. The van der Waals surface area contributed by atoms with E-state index >= 15 is 0 Å². The molecular formula is C24H46N5O11+. The highest BCUT2D eigenvalue weighted by atomic mass is 16.5. The topological polar surface area (TPSA) is 238 Å².